The molecule has 1 aliphatic carbocycles. The third-order valence-corrected chi connectivity index (χ3v) is 5.42. The van der Waals surface area contributed by atoms with Gasteiger partial charge in [0.2, 0.25) is 0 Å². The predicted molar refractivity (Wildman–Crippen MR) is 94.6 cm³/mol. The summed E-state index contributed by atoms with van der Waals surface area (Å²) >= 11 is 0. The second kappa shape index (κ2) is 8.49. The second-order valence-electron chi connectivity index (χ2n) is 6.60. The fourth-order valence-corrected chi connectivity index (χ4v) is 3.82. The van der Waals surface area contributed by atoms with Crippen molar-refractivity contribution in [3.8, 4) is 0 Å². The fraction of sp³-hybridized carbons (Fsp3) is 0.650. The van der Waals surface area contributed by atoms with E-state index in [0.717, 1.165) is 45.3 Å². The molecule has 1 fully saturated rings. The van der Waals surface area contributed by atoms with Crippen molar-refractivity contribution in [3.63, 3.8) is 0 Å². The van der Waals surface area contributed by atoms with E-state index in [1.165, 1.54) is 6.42 Å². The zero-order valence-corrected chi connectivity index (χ0v) is 14.9. The number of hydrogen-bond donors (Lipinski definition) is 0. The van der Waals surface area contributed by atoms with Crippen LogP contribution in [0.1, 0.15) is 63.2 Å². The maximum atomic E-state index is 12.6. The summed E-state index contributed by atoms with van der Waals surface area (Å²) in [5, 5.41) is 0. The zero-order valence-electron chi connectivity index (χ0n) is 14.9. The van der Waals surface area contributed by atoms with E-state index in [0.29, 0.717) is 11.5 Å². The van der Waals surface area contributed by atoms with Gasteiger partial charge in [-0.1, -0.05) is 45.4 Å². The molecule has 2 rings (SSSR count). The van der Waals surface area contributed by atoms with Gasteiger partial charge in [-0.05, 0) is 50.9 Å². The van der Waals surface area contributed by atoms with Gasteiger partial charge in [-0.25, -0.2) is 4.79 Å². The van der Waals surface area contributed by atoms with Gasteiger partial charge < -0.3 is 9.64 Å². The first-order chi connectivity index (χ1) is 11.1. The van der Waals surface area contributed by atoms with E-state index in [4.69, 9.17) is 4.74 Å². The minimum absolute atomic E-state index is 0.168. The standard InChI is InChI=1S/C20H31NO2/c1-4-20(23-19(22)17-12-8-7-9-13-17)15-11-10-14-18(20)16-21(5-2)6-3/h7-9,12-13,18H,4-6,10-11,14-16H2,1-3H3. The molecule has 0 radical (unpaired) electrons. The zero-order chi connectivity index (χ0) is 16.7. The molecule has 0 amide bonds. The minimum Gasteiger partial charge on any atom is -0.455 e. The molecule has 1 aliphatic rings. The predicted octanol–water partition coefficient (Wildman–Crippen LogP) is 4.52. The summed E-state index contributed by atoms with van der Waals surface area (Å²) in [5.41, 5.74) is 0.362. The molecule has 1 saturated carbocycles. The molecule has 128 valence electrons. The van der Waals surface area contributed by atoms with Crippen molar-refractivity contribution in [2.45, 2.75) is 58.5 Å². The first-order valence-electron chi connectivity index (χ1n) is 9.16. The highest BCUT2D eigenvalue weighted by Gasteiger charge is 2.43. The smallest absolute Gasteiger partial charge is 0.338 e. The Balaban J connectivity index is 2.16. The summed E-state index contributed by atoms with van der Waals surface area (Å²) in [5.74, 6) is 0.271. The Kier molecular flexibility index (Phi) is 6.64. The van der Waals surface area contributed by atoms with Gasteiger partial charge in [0, 0.05) is 12.5 Å². The van der Waals surface area contributed by atoms with E-state index in [1.54, 1.807) is 0 Å². The van der Waals surface area contributed by atoms with E-state index < -0.39 is 0 Å². The highest BCUT2D eigenvalue weighted by atomic mass is 16.6. The van der Waals surface area contributed by atoms with Gasteiger partial charge in [-0.3, -0.25) is 0 Å². The Hall–Kier alpha value is -1.35. The number of esters is 1. The van der Waals surface area contributed by atoms with Crippen LogP contribution in [0.5, 0.6) is 0 Å². The van der Waals surface area contributed by atoms with Gasteiger partial charge in [-0.2, -0.15) is 0 Å². The fourth-order valence-electron chi connectivity index (χ4n) is 3.82. The summed E-state index contributed by atoms with van der Waals surface area (Å²) in [4.78, 5) is 15.1. The van der Waals surface area contributed by atoms with Gasteiger partial charge in [0.15, 0.2) is 0 Å². The molecule has 0 bridgehead atoms. The number of benzene rings is 1. The average Bonchev–Trinajstić information content (AvgIpc) is 2.61. The molecule has 23 heavy (non-hydrogen) atoms. The van der Waals surface area contributed by atoms with Crippen molar-refractivity contribution in [1.82, 2.24) is 4.90 Å². The monoisotopic (exact) mass is 317 g/mol. The molecule has 0 aliphatic heterocycles. The quantitative estimate of drug-likeness (QED) is 0.692. The lowest BCUT2D eigenvalue weighted by atomic mass is 9.73. The highest BCUT2D eigenvalue weighted by molar-refractivity contribution is 5.89. The molecule has 0 saturated heterocycles. The minimum atomic E-state index is -0.298. The Morgan fingerprint density at radius 3 is 2.48 bits per heavy atom. The average molecular weight is 317 g/mol. The molecule has 0 spiro atoms. The molecule has 3 heteroatoms. The molecule has 0 N–H and O–H groups in total. The topological polar surface area (TPSA) is 29.5 Å². The van der Waals surface area contributed by atoms with Crippen molar-refractivity contribution in [3.05, 3.63) is 35.9 Å². The third kappa shape index (κ3) is 4.35. The van der Waals surface area contributed by atoms with Crippen molar-refractivity contribution in [1.29, 1.82) is 0 Å². The number of ether oxygens (including phenoxy) is 1. The lowest BCUT2D eigenvalue weighted by Gasteiger charge is -2.44. The van der Waals surface area contributed by atoms with Crippen LogP contribution < -0.4 is 0 Å². The van der Waals surface area contributed by atoms with Gasteiger partial charge >= 0.3 is 5.97 Å². The van der Waals surface area contributed by atoms with Crippen LogP contribution in [0.2, 0.25) is 0 Å². The van der Waals surface area contributed by atoms with Crippen LogP contribution in [0.15, 0.2) is 30.3 Å². The van der Waals surface area contributed by atoms with Crippen LogP contribution in [0.4, 0.5) is 0 Å². The second-order valence-corrected chi connectivity index (χ2v) is 6.60. The lowest BCUT2D eigenvalue weighted by Crippen LogP contribution is -2.49. The molecule has 2 unspecified atom stereocenters. The molecule has 0 aromatic heterocycles. The Labute approximate surface area is 141 Å². The van der Waals surface area contributed by atoms with Gasteiger partial charge in [0.1, 0.15) is 5.60 Å². The number of rotatable bonds is 7. The van der Waals surface area contributed by atoms with Crippen molar-refractivity contribution in [2.24, 2.45) is 5.92 Å². The number of nitrogens with zero attached hydrogens (tertiary/aromatic N) is 1. The molecular formula is C20H31NO2. The maximum Gasteiger partial charge on any atom is 0.338 e. The summed E-state index contributed by atoms with van der Waals surface area (Å²) < 4.78 is 6.15. The third-order valence-electron chi connectivity index (χ3n) is 5.42. The Bertz CT molecular complexity index is 484. The van der Waals surface area contributed by atoms with E-state index in [-0.39, 0.29) is 11.6 Å². The summed E-state index contributed by atoms with van der Waals surface area (Å²) in [6.07, 6.45) is 5.46. The van der Waals surface area contributed by atoms with Crippen LogP contribution in [0, 0.1) is 5.92 Å². The van der Waals surface area contributed by atoms with Crippen molar-refractivity contribution in [2.75, 3.05) is 19.6 Å². The molecule has 2 atom stereocenters. The normalized spacial score (nSPS) is 24.6. The van der Waals surface area contributed by atoms with Crippen molar-refractivity contribution >= 4 is 5.97 Å². The van der Waals surface area contributed by atoms with Crippen LogP contribution in [-0.4, -0.2) is 36.1 Å². The summed E-state index contributed by atoms with van der Waals surface area (Å²) in [6.45, 7) is 9.71. The molecule has 0 heterocycles. The number of carbonyl (C=O) groups is 1. The maximum absolute atomic E-state index is 12.6. The molecular weight excluding hydrogens is 286 g/mol. The summed E-state index contributed by atoms with van der Waals surface area (Å²) in [6, 6.07) is 9.39. The van der Waals surface area contributed by atoms with Crippen LogP contribution in [-0.2, 0) is 4.74 Å². The summed E-state index contributed by atoms with van der Waals surface area (Å²) in [7, 11) is 0. The van der Waals surface area contributed by atoms with E-state index >= 15 is 0 Å². The van der Waals surface area contributed by atoms with Gasteiger partial charge in [0.25, 0.3) is 0 Å². The van der Waals surface area contributed by atoms with Crippen LogP contribution in [0.25, 0.3) is 0 Å². The largest absolute Gasteiger partial charge is 0.455 e. The Morgan fingerprint density at radius 2 is 1.87 bits per heavy atom. The first kappa shape index (κ1) is 18.0. The van der Waals surface area contributed by atoms with Crippen LogP contribution in [0.3, 0.4) is 0 Å². The van der Waals surface area contributed by atoms with E-state index in [9.17, 15) is 4.79 Å². The van der Waals surface area contributed by atoms with E-state index in [1.807, 2.05) is 30.3 Å². The van der Waals surface area contributed by atoms with E-state index in [2.05, 4.69) is 25.7 Å². The van der Waals surface area contributed by atoms with Gasteiger partial charge in [0.05, 0.1) is 5.56 Å². The number of hydrogen-bond acceptors (Lipinski definition) is 3. The number of carbonyl (C=O) groups excluding carboxylic acids is 1. The first-order valence-corrected chi connectivity index (χ1v) is 9.16. The SMILES string of the molecule is CCN(CC)CC1CCCCC1(CC)OC(=O)c1ccccc1. The van der Waals surface area contributed by atoms with Crippen molar-refractivity contribution < 1.29 is 9.53 Å². The van der Waals surface area contributed by atoms with Gasteiger partial charge in [-0.15, -0.1) is 0 Å². The molecule has 1 aromatic rings. The lowest BCUT2D eigenvalue weighted by molar-refractivity contribution is -0.0812. The highest BCUT2D eigenvalue weighted by Crippen LogP contribution is 2.40. The Morgan fingerprint density at radius 1 is 1.17 bits per heavy atom. The molecule has 3 nitrogen and oxygen atoms in total. The molecule has 1 aromatic carbocycles. The van der Waals surface area contributed by atoms with Crippen LogP contribution >= 0.6 is 0 Å².